The quantitative estimate of drug-likeness (QED) is 0.509. The maximum absolute atomic E-state index is 12.5. The van der Waals surface area contributed by atoms with Crippen molar-refractivity contribution in [3.05, 3.63) is 23.8 Å². The number of hydrogen-bond donors (Lipinski definition) is 2. The van der Waals surface area contributed by atoms with Crippen LogP contribution in [0.4, 0.5) is 10.8 Å². The second kappa shape index (κ2) is 9.59. The number of aryl methyl sites for hydroxylation is 1. The van der Waals surface area contributed by atoms with E-state index in [1.807, 2.05) is 32.0 Å². The summed E-state index contributed by atoms with van der Waals surface area (Å²) >= 11 is 2.78. The number of carbonyl (C=O) groups excluding carboxylic acids is 1. The molecule has 25 heavy (non-hydrogen) atoms. The first-order chi connectivity index (χ1) is 12.0. The minimum atomic E-state index is -0.315. The van der Waals surface area contributed by atoms with Crippen molar-refractivity contribution in [3.8, 4) is 5.75 Å². The van der Waals surface area contributed by atoms with Gasteiger partial charge in [0.1, 0.15) is 5.75 Å². The van der Waals surface area contributed by atoms with Crippen LogP contribution in [0.1, 0.15) is 12.5 Å². The van der Waals surface area contributed by atoms with E-state index in [9.17, 15) is 4.79 Å². The van der Waals surface area contributed by atoms with Crippen molar-refractivity contribution < 1.29 is 14.3 Å². The van der Waals surface area contributed by atoms with Crippen LogP contribution in [0.2, 0.25) is 0 Å². The van der Waals surface area contributed by atoms with Gasteiger partial charge in [-0.05, 0) is 31.5 Å². The molecule has 0 unspecified atom stereocenters. The predicted octanol–water partition coefficient (Wildman–Crippen LogP) is 3.03. The number of nitrogens with zero attached hydrogens (tertiary/aromatic N) is 2. The zero-order valence-corrected chi connectivity index (χ0v) is 16.3. The summed E-state index contributed by atoms with van der Waals surface area (Å²) in [5, 5.41) is 14.6. The molecule has 2 aromatic rings. The lowest BCUT2D eigenvalue weighted by atomic mass is 10.2. The van der Waals surface area contributed by atoms with Gasteiger partial charge in [-0.25, -0.2) is 0 Å². The van der Waals surface area contributed by atoms with Crippen LogP contribution in [0, 0.1) is 6.92 Å². The van der Waals surface area contributed by atoms with E-state index < -0.39 is 0 Å². The second-order valence-corrected chi connectivity index (χ2v) is 7.81. The van der Waals surface area contributed by atoms with Gasteiger partial charge in [-0.15, -0.1) is 10.2 Å². The summed E-state index contributed by atoms with van der Waals surface area (Å²) in [7, 11) is 3.23. The zero-order chi connectivity index (χ0) is 18.2. The number of anilines is 2. The predicted molar refractivity (Wildman–Crippen MR) is 102 cm³/mol. The van der Waals surface area contributed by atoms with E-state index >= 15 is 0 Å². The van der Waals surface area contributed by atoms with E-state index in [0.717, 1.165) is 9.90 Å². The smallest absolute Gasteiger partial charge is 0.237 e. The maximum atomic E-state index is 12.5. The summed E-state index contributed by atoms with van der Waals surface area (Å²) in [4.78, 5) is 12.5. The number of methoxy groups -OCH3 is 2. The van der Waals surface area contributed by atoms with Crippen molar-refractivity contribution in [1.29, 1.82) is 0 Å². The molecule has 2 N–H and O–H groups in total. The van der Waals surface area contributed by atoms with Gasteiger partial charge in [0.25, 0.3) is 0 Å². The zero-order valence-electron chi connectivity index (χ0n) is 14.7. The molecular weight excluding hydrogens is 360 g/mol. The lowest BCUT2D eigenvalue weighted by molar-refractivity contribution is -0.115. The molecular formula is C16H22N4O3S2. The van der Waals surface area contributed by atoms with Gasteiger partial charge in [-0.2, -0.15) is 0 Å². The molecule has 0 saturated carbocycles. The third-order valence-corrected chi connectivity index (χ3v) is 5.31. The third-order valence-electron chi connectivity index (χ3n) is 3.25. The number of hydrogen-bond acceptors (Lipinski definition) is 8. The fraction of sp³-hybridized carbons (Fsp3) is 0.438. The number of thioether (sulfide) groups is 1. The fourth-order valence-corrected chi connectivity index (χ4v) is 3.87. The highest BCUT2D eigenvalue weighted by atomic mass is 32.2. The Balaban J connectivity index is 1.93. The van der Waals surface area contributed by atoms with Gasteiger partial charge in [0.15, 0.2) is 4.34 Å². The molecule has 1 amide bonds. The van der Waals surface area contributed by atoms with Crippen molar-refractivity contribution in [3.63, 3.8) is 0 Å². The molecule has 1 aromatic carbocycles. The van der Waals surface area contributed by atoms with Crippen LogP contribution in [0.25, 0.3) is 0 Å². The second-order valence-electron chi connectivity index (χ2n) is 5.25. The molecule has 0 saturated heterocycles. The Hall–Kier alpha value is -1.84. The molecule has 0 aliphatic carbocycles. The Morgan fingerprint density at radius 3 is 2.88 bits per heavy atom. The largest absolute Gasteiger partial charge is 0.495 e. The number of carbonyl (C=O) groups is 1. The van der Waals surface area contributed by atoms with Crippen molar-refractivity contribution >= 4 is 39.8 Å². The molecule has 1 heterocycles. The number of benzene rings is 1. The highest BCUT2D eigenvalue weighted by Gasteiger charge is 2.18. The Morgan fingerprint density at radius 2 is 2.16 bits per heavy atom. The number of aromatic nitrogens is 2. The van der Waals surface area contributed by atoms with Crippen molar-refractivity contribution in [2.45, 2.75) is 23.4 Å². The summed E-state index contributed by atoms with van der Waals surface area (Å²) in [6.07, 6.45) is 0. The van der Waals surface area contributed by atoms with Crippen LogP contribution in [0.3, 0.4) is 0 Å². The first-order valence-electron chi connectivity index (χ1n) is 7.72. The van der Waals surface area contributed by atoms with Gasteiger partial charge in [-0.3, -0.25) is 4.79 Å². The van der Waals surface area contributed by atoms with Gasteiger partial charge in [0.2, 0.25) is 11.0 Å². The molecule has 0 spiro atoms. The normalized spacial score (nSPS) is 11.8. The Labute approximate surface area is 155 Å². The summed E-state index contributed by atoms with van der Waals surface area (Å²) in [5.41, 5.74) is 1.71. The van der Waals surface area contributed by atoms with Crippen LogP contribution in [0.5, 0.6) is 5.75 Å². The average molecular weight is 383 g/mol. The highest BCUT2D eigenvalue weighted by Crippen LogP contribution is 2.31. The van der Waals surface area contributed by atoms with Crippen LogP contribution in [-0.4, -0.2) is 48.7 Å². The Kier molecular flexibility index (Phi) is 7.48. The molecule has 0 aliphatic rings. The van der Waals surface area contributed by atoms with Gasteiger partial charge >= 0.3 is 0 Å². The van der Waals surface area contributed by atoms with Crippen LogP contribution < -0.4 is 15.4 Å². The van der Waals surface area contributed by atoms with Crippen molar-refractivity contribution in [2.24, 2.45) is 0 Å². The maximum Gasteiger partial charge on any atom is 0.237 e. The van der Waals surface area contributed by atoms with Crippen molar-refractivity contribution in [1.82, 2.24) is 10.2 Å². The molecule has 2 rings (SSSR count). The van der Waals surface area contributed by atoms with E-state index in [-0.39, 0.29) is 11.2 Å². The first kappa shape index (κ1) is 19.5. The molecule has 1 atom stereocenters. The summed E-state index contributed by atoms with van der Waals surface area (Å²) in [6, 6.07) is 5.66. The number of nitrogens with one attached hydrogen (secondary N) is 2. The summed E-state index contributed by atoms with van der Waals surface area (Å²) in [5.74, 6) is 0.523. The number of rotatable bonds is 9. The van der Waals surface area contributed by atoms with E-state index in [1.165, 1.54) is 23.1 Å². The van der Waals surface area contributed by atoms with E-state index in [1.54, 1.807) is 14.2 Å². The van der Waals surface area contributed by atoms with Crippen LogP contribution in [-0.2, 0) is 9.53 Å². The standard InChI is InChI=1S/C16H22N4O3S2/c1-10-5-6-13(23-4)12(9-10)18-14(21)11(2)24-16-20-19-15(25-16)17-7-8-22-3/h5-6,9,11H,7-8H2,1-4H3,(H,17,19)(H,18,21)/t11-/m0/s1. The number of ether oxygens (including phenoxy) is 2. The topological polar surface area (TPSA) is 85.4 Å². The molecule has 9 heteroatoms. The Morgan fingerprint density at radius 1 is 1.36 bits per heavy atom. The highest BCUT2D eigenvalue weighted by molar-refractivity contribution is 8.02. The van der Waals surface area contributed by atoms with Crippen LogP contribution in [0.15, 0.2) is 22.5 Å². The minimum Gasteiger partial charge on any atom is -0.495 e. The van der Waals surface area contributed by atoms with Gasteiger partial charge in [-0.1, -0.05) is 29.2 Å². The number of amides is 1. The molecule has 7 nitrogen and oxygen atoms in total. The molecule has 0 aliphatic heterocycles. The van der Waals surface area contributed by atoms with E-state index in [2.05, 4.69) is 20.8 Å². The van der Waals surface area contributed by atoms with Crippen LogP contribution >= 0.6 is 23.1 Å². The molecule has 0 radical (unpaired) electrons. The lowest BCUT2D eigenvalue weighted by Crippen LogP contribution is -2.22. The molecule has 0 bridgehead atoms. The van der Waals surface area contributed by atoms with E-state index in [4.69, 9.17) is 9.47 Å². The SMILES string of the molecule is COCCNc1nnc(S[C@@H](C)C(=O)Nc2cc(C)ccc2OC)s1. The molecule has 1 aromatic heterocycles. The summed E-state index contributed by atoms with van der Waals surface area (Å²) in [6.45, 7) is 5.06. The Bertz CT molecular complexity index is 708. The van der Waals surface area contributed by atoms with Gasteiger partial charge in [0, 0.05) is 13.7 Å². The third kappa shape index (κ3) is 5.87. The first-order valence-corrected chi connectivity index (χ1v) is 9.41. The monoisotopic (exact) mass is 382 g/mol. The fourth-order valence-electron chi connectivity index (χ4n) is 1.95. The van der Waals surface area contributed by atoms with E-state index in [0.29, 0.717) is 29.7 Å². The van der Waals surface area contributed by atoms with Gasteiger partial charge < -0.3 is 20.1 Å². The van der Waals surface area contributed by atoms with Gasteiger partial charge in [0.05, 0.1) is 24.7 Å². The molecule has 136 valence electrons. The van der Waals surface area contributed by atoms with Crippen molar-refractivity contribution in [2.75, 3.05) is 38.0 Å². The lowest BCUT2D eigenvalue weighted by Gasteiger charge is -2.13. The molecule has 0 fully saturated rings. The average Bonchev–Trinajstić information content (AvgIpc) is 3.02. The minimum absolute atomic E-state index is 0.113. The summed E-state index contributed by atoms with van der Waals surface area (Å²) < 4.78 is 11.0.